The molecule has 0 unspecified atom stereocenters. The quantitative estimate of drug-likeness (QED) is 0.136. The van der Waals surface area contributed by atoms with Gasteiger partial charge in [0.05, 0.1) is 6.04 Å². The Balaban J connectivity index is 0.000000802. The molecule has 5 aliphatic heterocycles. The average molecular weight is 967 g/mol. The molecule has 5 fully saturated rings. The first-order valence-corrected chi connectivity index (χ1v) is 26.7. The molecule has 0 aromatic rings. The maximum absolute atomic E-state index is 5.81. The second-order valence-electron chi connectivity index (χ2n) is 25.3. The topological polar surface area (TPSA) is 184 Å². The Morgan fingerprint density at radius 3 is 1.19 bits per heavy atom. The summed E-state index contributed by atoms with van der Waals surface area (Å²) in [6, 6.07) is 2.71. The van der Waals surface area contributed by atoms with E-state index >= 15 is 0 Å². The van der Waals surface area contributed by atoms with Gasteiger partial charge in [-0.2, -0.15) is 0 Å². The summed E-state index contributed by atoms with van der Waals surface area (Å²) in [6.45, 7) is 52.3. The molecule has 0 aliphatic carbocycles. The summed E-state index contributed by atoms with van der Waals surface area (Å²) in [6.07, 6.45) is 9.38. The summed E-state index contributed by atoms with van der Waals surface area (Å²) in [5.74, 6) is 0.784. The first kappa shape index (κ1) is 66.2. The number of rotatable bonds is 4. The Labute approximate surface area is 422 Å². The van der Waals surface area contributed by atoms with Crippen molar-refractivity contribution < 1.29 is 0 Å². The van der Waals surface area contributed by atoms with Gasteiger partial charge in [0.25, 0.3) is 0 Å². The maximum atomic E-state index is 5.81. The van der Waals surface area contributed by atoms with Gasteiger partial charge in [0.2, 0.25) is 0 Å². The van der Waals surface area contributed by atoms with E-state index in [-0.39, 0.29) is 11.5 Å². The Morgan fingerprint density at radius 2 is 0.897 bits per heavy atom. The van der Waals surface area contributed by atoms with Crippen LogP contribution in [0.1, 0.15) is 169 Å². The molecule has 5 aliphatic rings. The van der Waals surface area contributed by atoms with Gasteiger partial charge in [-0.05, 0) is 190 Å². The van der Waals surface area contributed by atoms with Crippen molar-refractivity contribution >= 4 is 11.9 Å². The first-order valence-electron chi connectivity index (χ1n) is 26.7. The molecule has 0 radical (unpaired) electrons. The summed E-state index contributed by atoms with van der Waals surface area (Å²) in [5, 5.41) is 9.92. The third-order valence-corrected chi connectivity index (χ3v) is 14.3. The van der Waals surface area contributed by atoms with Gasteiger partial charge in [0.1, 0.15) is 0 Å². The lowest BCUT2D eigenvalue weighted by atomic mass is 9.98. The monoisotopic (exact) mass is 966 g/mol. The van der Waals surface area contributed by atoms with E-state index in [1.807, 2.05) is 0 Å². The van der Waals surface area contributed by atoms with Crippen LogP contribution in [-0.2, 0) is 0 Å². The van der Waals surface area contributed by atoms with Crippen molar-refractivity contribution in [1.82, 2.24) is 45.3 Å². The number of aliphatic imine (C=N–C) groups is 2. The number of likely N-dealkylation sites (tertiary alicyclic amines) is 4. The lowest BCUT2D eigenvalue weighted by molar-refractivity contribution is 0.0979. The number of nitrogens with two attached hydrogens (primary N) is 4. The van der Waals surface area contributed by atoms with Crippen molar-refractivity contribution in [3.63, 3.8) is 0 Å². The maximum Gasteiger partial charge on any atom is 0.188 e. The van der Waals surface area contributed by atoms with Crippen molar-refractivity contribution in [3.8, 4) is 0 Å². The number of nitrogens with one attached hydrogen (secondary N) is 3. The van der Waals surface area contributed by atoms with Gasteiger partial charge in [0, 0.05) is 137 Å². The van der Waals surface area contributed by atoms with Gasteiger partial charge >= 0.3 is 0 Å². The highest BCUT2D eigenvalue weighted by atomic mass is 15.2. The molecular formula is C53H119N15. The molecular weight excluding hydrogens is 847 g/mol. The summed E-state index contributed by atoms with van der Waals surface area (Å²) in [7, 11) is 7.95. The molecule has 0 bridgehead atoms. The molecule has 0 spiro atoms. The van der Waals surface area contributed by atoms with Crippen LogP contribution >= 0.6 is 0 Å². The predicted octanol–water partition coefficient (Wildman–Crippen LogP) is 5.63. The molecule has 5 saturated heterocycles. The van der Waals surface area contributed by atoms with E-state index in [9.17, 15) is 0 Å². The Kier molecular flexibility index (Phi) is 30.8. The molecule has 406 valence electrons. The molecule has 15 heteroatoms. The summed E-state index contributed by atoms with van der Waals surface area (Å²) < 4.78 is 0. The zero-order chi connectivity index (χ0) is 52.7. The average Bonchev–Trinajstić information content (AvgIpc) is 3.24. The largest absolute Gasteiger partial charge is 0.370 e. The van der Waals surface area contributed by atoms with Crippen molar-refractivity contribution in [2.45, 2.75) is 227 Å². The van der Waals surface area contributed by atoms with Gasteiger partial charge in [-0.3, -0.25) is 29.6 Å². The number of hydrogen-bond acceptors (Lipinski definition) is 11. The van der Waals surface area contributed by atoms with Crippen LogP contribution in [0.5, 0.6) is 0 Å². The van der Waals surface area contributed by atoms with Crippen molar-refractivity contribution in [1.29, 1.82) is 0 Å². The molecule has 0 aromatic heterocycles. The summed E-state index contributed by atoms with van der Waals surface area (Å²) in [4.78, 5) is 22.9. The van der Waals surface area contributed by atoms with E-state index in [1.165, 1.54) is 52.1 Å². The zero-order valence-corrected chi connectivity index (χ0v) is 48.9. The Morgan fingerprint density at radius 1 is 0.559 bits per heavy atom. The fourth-order valence-corrected chi connectivity index (χ4v) is 8.46. The van der Waals surface area contributed by atoms with E-state index in [0.29, 0.717) is 52.3 Å². The SMILES string of the molecule is CC(C)(C)N1CCC(N)CC1.CC(C)(C)N1CCC(N=C(N)N)CC1.CC(C)(C)N1CCNCC1.CN(C)C(C)(C)C.CN=C(N)NC1CCN(C(C)C)CC1.CNC1CCN(C(C)(C)C)CC1. The molecule has 5 rings (SSSR count). The van der Waals surface area contributed by atoms with Crippen LogP contribution < -0.4 is 38.9 Å². The molecule has 0 aromatic carbocycles. The minimum atomic E-state index is 0.221. The van der Waals surface area contributed by atoms with Crippen molar-refractivity contribution in [3.05, 3.63) is 0 Å². The minimum absolute atomic E-state index is 0.221. The standard InChI is InChI=1S/2C10H22N4.C10H22N2.C9H20N2.C8H18N2.C6H15N/c1-10(2,3)14-6-4-8(5-7-14)13-9(11)12;1-8(2)14-6-4-9(5-7-14)13-10(11)12-3;1-10(2,3)12-7-5-9(11-4)6-8-12;1-9(2,3)11-6-4-8(10)5-7-11;1-8(2,3)10-6-4-9-5-7-10;1-6(2,3)7(4)5/h8H,4-7H2,1-3H3,(H4,11,12,13);8-9H,4-7H2,1-3H3,(H3,11,12,13);9,11H,5-8H2,1-4H3;8H,4-7,10H2,1-3H3;9H,4-7H2,1-3H3;1-5H3. The van der Waals surface area contributed by atoms with E-state index in [4.69, 9.17) is 22.9 Å². The molecule has 0 saturated carbocycles. The van der Waals surface area contributed by atoms with Crippen LogP contribution in [0, 0.1) is 0 Å². The fraction of sp³-hybridized carbons (Fsp3) is 0.962. The number of nitrogens with zero attached hydrogens (tertiary/aromatic N) is 8. The van der Waals surface area contributed by atoms with Gasteiger partial charge < -0.3 is 48.7 Å². The Hall–Kier alpha value is -1.82. The van der Waals surface area contributed by atoms with Crippen LogP contribution in [0.15, 0.2) is 9.98 Å². The molecule has 11 N–H and O–H groups in total. The van der Waals surface area contributed by atoms with Crippen LogP contribution in [0.4, 0.5) is 0 Å². The van der Waals surface area contributed by atoms with Crippen LogP contribution in [0.3, 0.4) is 0 Å². The number of piperidine rings is 4. The molecule has 15 nitrogen and oxygen atoms in total. The van der Waals surface area contributed by atoms with Crippen LogP contribution in [0.25, 0.3) is 0 Å². The molecule has 0 atom stereocenters. The fourth-order valence-electron chi connectivity index (χ4n) is 8.46. The van der Waals surface area contributed by atoms with E-state index in [1.54, 1.807) is 7.05 Å². The van der Waals surface area contributed by atoms with Crippen LogP contribution in [0.2, 0.25) is 0 Å². The van der Waals surface area contributed by atoms with Gasteiger partial charge in [0.15, 0.2) is 11.9 Å². The second-order valence-corrected chi connectivity index (χ2v) is 25.3. The predicted molar refractivity (Wildman–Crippen MR) is 300 cm³/mol. The van der Waals surface area contributed by atoms with Gasteiger partial charge in [-0.15, -0.1) is 0 Å². The van der Waals surface area contributed by atoms with Crippen molar-refractivity contribution in [2.75, 3.05) is 107 Å². The highest BCUT2D eigenvalue weighted by molar-refractivity contribution is 5.78. The highest BCUT2D eigenvalue weighted by Gasteiger charge is 2.28. The number of guanidine groups is 2. The second kappa shape index (κ2) is 31.6. The van der Waals surface area contributed by atoms with E-state index in [2.05, 4.69) is 194 Å². The summed E-state index contributed by atoms with van der Waals surface area (Å²) >= 11 is 0. The van der Waals surface area contributed by atoms with Gasteiger partial charge in [-0.1, -0.05) is 0 Å². The van der Waals surface area contributed by atoms with Crippen molar-refractivity contribution in [2.24, 2.45) is 32.9 Å². The lowest BCUT2D eigenvalue weighted by Gasteiger charge is -2.40. The normalized spacial score (nSPS) is 21.4. The van der Waals surface area contributed by atoms with Gasteiger partial charge in [-0.25, -0.2) is 0 Å². The minimum Gasteiger partial charge on any atom is -0.370 e. The zero-order valence-electron chi connectivity index (χ0n) is 48.9. The van der Waals surface area contributed by atoms with E-state index in [0.717, 1.165) is 83.8 Å². The third kappa shape index (κ3) is 30.1. The lowest BCUT2D eigenvalue weighted by Crippen LogP contribution is -2.51. The third-order valence-electron chi connectivity index (χ3n) is 14.3. The number of piperazine rings is 1. The van der Waals surface area contributed by atoms with E-state index < -0.39 is 0 Å². The molecule has 68 heavy (non-hydrogen) atoms. The highest BCUT2D eigenvalue weighted by Crippen LogP contribution is 2.23. The first-order chi connectivity index (χ1) is 31.1. The van der Waals surface area contributed by atoms with Crippen LogP contribution in [-0.4, -0.2) is 206 Å². The Bertz CT molecular complexity index is 1310. The smallest absolute Gasteiger partial charge is 0.188 e. The number of hydrogen-bond donors (Lipinski definition) is 7. The summed E-state index contributed by atoms with van der Waals surface area (Å²) in [5.41, 5.74) is 23.8. The molecule has 0 amide bonds. The molecule has 5 heterocycles.